The van der Waals surface area contributed by atoms with Crippen molar-refractivity contribution in [2.75, 3.05) is 0 Å². The Bertz CT molecular complexity index is 739. The molecule has 2 aromatic heterocycles. The van der Waals surface area contributed by atoms with Crippen LogP contribution in [0.1, 0.15) is 11.3 Å². The molecule has 0 amide bonds. The average Bonchev–Trinajstić information content (AvgIpc) is 2.87. The van der Waals surface area contributed by atoms with E-state index < -0.39 is 0 Å². The van der Waals surface area contributed by atoms with Crippen LogP contribution in [0.3, 0.4) is 0 Å². The summed E-state index contributed by atoms with van der Waals surface area (Å²) >= 11 is 5.94. The molecule has 0 aliphatic heterocycles. The second-order valence-corrected chi connectivity index (χ2v) is 4.92. The summed E-state index contributed by atoms with van der Waals surface area (Å²) in [6.45, 7) is 0.914. The first kappa shape index (κ1) is 13.0. The number of ether oxygens (including phenoxy) is 1. The van der Waals surface area contributed by atoms with Crippen molar-refractivity contribution >= 4 is 17.2 Å². The molecule has 2 heterocycles. The highest BCUT2D eigenvalue weighted by atomic mass is 35.5. The lowest BCUT2D eigenvalue weighted by Gasteiger charge is -2.05. The fourth-order valence-electron chi connectivity index (χ4n) is 2.01. The van der Waals surface area contributed by atoms with E-state index in [9.17, 15) is 0 Å². The molecule has 0 bridgehead atoms. The van der Waals surface area contributed by atoms with E-state index >= 15 is 0 Å². The Hall–Kier alpha value is -2.04. The molecule has 0 spiro atoms. The maximum atomic E-state index is 5.94. The van der Waals surface area contributed by atoms with E-state index in [4.69, 9.17) is 22.1 Å². The third kappa shape index (κ3) is 2.76. The minimum absolute atomic E-state index is 0.410. The Morgan fingerprint density at radius 3 is 2.95 bits per heavy atom. The van der Waals surface area contributed by atoms with Crippen LogP contribution in [0.5, 0.6) is 5.75 Å². The number of hydrogen-bond donors (Lipinski definition) is 1. The lowest BCUT2D eigenvalue weighted by Crippen LogP contribution is -1.99. The summed E-state index contributed by atoms with van der Waals surface area (Å²) in [5, 5.41) is 0.679. The van der Waals surface area contributed by atoms with E-state index in [1.54, 1.807) is 0 Å². The molecule has 1 aromatic carbocycles. The molecular weight excluding hydrogens is 274 g/mol. The zero-order valence-electron chi connectivity index (χ0n) is 10.8. The van der Waals surface area contributed by atoms with Crippen LogP contribution in [0.25, 0.3) is 5.65 Å². The van der Waals surface area contributed by atoms with Crippen molar-refractivity contribution in [1.82, 2.24) is 9.38 Å². The molecule has 0 atom stereocenters. The van der Waals surface area contributed by atoms with Crippen LogP contribution in [0.2, 0.25) is 5.02 Å². The molecule has 5 heteroatoms. The number of rotatable bonds is 4. The van der Waals surface area contributed by atoms with E-state index in [1.807, 2.05) is 53.2 Å². The number of fused-ring (bicyclic) bond motifs is 1. The van der Waals surface area contributed by atoms with Crippen molar-refractivity contribution in [2.45, 2.75) is 13.2 Å². The van der Waals surface area contributed by atoms with Gasteiger partial charge >= 0.3 is 0 Å². The normalized spacial score (nSPS) is 10.9. The highest BCUT2D eigenvalue weighted by molar-refractivity contribution is 6.30. The van der Waals surface area contributed by atoms with Crippen molar-refractivity contribution in [3.05, 3.63) is 65.1 Å². The monoisotopic (exact) mass is 287 g/mol. The molecule has 3 aromatic rings. The van der Waals surface area contributed by atoms with Gasteiger partial charge in [-0.05, 0) is 29.8 Å². The molecule has 4 nitrogen and oxygen atoms in total. The molecule has 3 rings (SSSR count). The molecule has 0 unspecified atom stereocenters. The number of imidazole rings is 1. The van der Waals surface area contributed by atoms with E-state index in [0.29, 0.717) is 18.2 Å². The van der Waals surface area contributed by atoms with Crippen molar-refractivity contribution in [1.29, 1.82) is 0 Å². The number of aromatic nitrogens is 2. The van der Waals surface area contributed by atoms with Crippen LogP contribution in [0.4, 0.5) is 0 Å². The number of nitrogens with zero attached hydrogens (tertiary/aromatic N) is 2. The summed E-state index contributed by atoms with van der Waals surface area (Å²) in [5.41, 5.74) is 8.36. The summed E-state index contributed by atoms with van der Waals surface area (Å²) in [7, 11) is 0. The SMILES string of the molecule is NCc1cccc(OCc2cn3cc(Cl)ccc3n2)c1. The van der Waals surface area contributed by atoms with Crippen molar-refractivity contribution < 1.29 is 4.74 Å². The van der Waals surface area contributed by atoms with Crippen LogP contribution >= 0.6 is 11.6 Å². The van der Waals surface area contributed by atoms with Crippen LogP contribution in [-0.4, -0.2) is 9.38 Å². The smallest absolute Gasteiger partial charge is 0.137 e. The first-order chi connectivity index (χ1) is 9.74. The van der Waals surface area contributed by atoms with Crippen molar-refractivity contribution in [3.8, 4) is 5.75 Å². The van der Waals surface area contributed by atoms with E-state index in [1.165, 1.54) is 0 Å². The minimum atomic E-state index is 0.410. The topological polar surface area (TPSA) is 52.5 Å². The first-order valence-electron chi connectivity index (χ1n) is 6.29. The number of nitrogens with two attached hydrogens (primary N) is 1. The Morgan fingerprint density at radius 2 is 2.10 bits per heavy atom. The van der Waals surface area contributed by atoms with Gasteiger partial charge in [0.15, 0.2) is 0 Å². The largest absolute Gasteiger partial charge is 0.487 e. The summed E-state index contributed by atoms with van der Waals surface area (Å²) in [5.74, 6) is 0.794. The van der Waals surface area contributed by atoms with Gasteiger partial charge in [-0.25, -0.2) is 4.98 Å². The summed E-state index contributed by atoms with van der Waals surface area (Å²) < 4.78 is 7.62. The zero-order chi connectivity index (χ0) is 13.9. The molecule has 0 saturated heterocycles. The van der Waals surface area contributed by atoms with Crippen LogP contribution < -0.4 is 10.5 Å². The van der Waals surface area contributed by atoms with Gasteiger partial charge in [0.25, 0.3) is 0 Å². The highest BCUT2D eigenvalue weighted by Crippen LogP contribution is 2.16. The van der Waals surface area contributed by atoms with Gasteiger partial charge in [-0.3, -0.25) is 0 Å². The highest BCUT2D eigenvalue weighted by Gasteiger charge is 2.03. The Morgan fingerprint density at radius 1 is 1.20 bits per heavy atom. The minimum Gasteiger partial charge on any atom is -0.487 e. The van der Waals surface area contributed by atoms with E-state index in [0.717, 1.165) is 22.7 Å². The molecule has 102 valence electrons. The van der Waals surface area contributed by atoms with Crippen LogP contribution in [0, 0.1) is 0 Å². The van der Waals surface area contributed by atoms with Gasteiger partial charge in [0.05, 0.1) is 10.7 Å². The van der Waals surface area contributed by atoms with Gasteiger partial charge in [-0.2, -0.15) is 0 Å². The summed E-state index contributed by atoms with van der Waals surface area (Å²) in [4.78, 5) is 4.47. The molecular formula is C15H14ClN3O. The van der Waals surface area contributed by atoms with Crippen molar-refractivity contribution in [2.24, 2.45) is 5.73 Å². The Labute approximate surface area is 121 Å². The summed E-state index contributed by atoms with van der Waals surface area (Å²) in [6, 6.07) is 11.4. The molecule has 20 heavy (non-hydrogen) atoms. The standard InChI is InChI=1S/C15H14ClN3O/c16-12-4-5-15-18-13(9-19(15)8-12)10-20-14-3-1-2-11(6-14)7-17/h1-6,8-9H,7,10,17H2. The van der Waals surface area contributed by atoms with Crippen LogP contribution in [-0.2, 0) is 13.2 Å². The Kier molecular flexibility index (Phi) is 3.58. The van der Waals surface area contributed by atoms with Gasteiger partial charge < -0.3 is 14.9 Å². The fourth-order valence-corrected chi connectivity index (χ4v) is 2.17. The second-order valence-electron chi connectivity index (χ2n) is 4.49. The first-order valence-corrected chi connectivity index (χ1v) is 6.67. The number of halogens is 1. The lowest BCUT2D eigenvalue weighted by molar-refractivity contribution is 0.302. The number of hydrogen-bond acceptors (Lipinski definition) is 3. The number of pyridine rings is 1. The van der Waals surface area contributed by atoms with Crippen molar-refractivity contribution in [3.63, 3.8) is 0 Å². The second kappa shape index (κ2) is 5.53. The van der Waals surface area contributed by atoms with Gasteiger partial charge in [0.2, 0.25) is 0 Å². The predicted octanol–water partition coefficient (Wildman–Crippen LogP) is 3.03. The maximum absolute atomic E-state index is 5.94. The summed E-state index contributed by atoms with van der Waals surface area (Å²) in [6.07, 6.45) is 3.73. The van der Waals surface area contributed by atoms with E-state index in [2.05, 4.69) is 4.98 Å². The van der Waals surface area contributed by atoms with Gasteiger partial charge in [0, 0.05) is 18.9 Å². The third-order valence-electron chi connectivity index (χ3n) is 2.99. The average molecular weight is 288 g/mol. The van der Waals surface area contributed by atoms with Gasteiger partial charge in [0.1, 0.15) is 18.0 Å². The maximum Gasteiger partial charge on any atom is 0.137 e. The zero-order valence-corrected chi connectivity index (χ0v) is 11.5. The molecule has 2 N–H and O–H groups in total. The number of benzene rings is 1. The fraction of sp³-hybridized carbons (Fsp3) is 0.133. The molecule has 0 aliphatic carbocycles. The quantitative estimate of drug-likeness (QED) is 0.802. The lowest BCUT2D eigenvalue weighted by atomic mass is 10.2. The van der Waals surface area contributed by atoms with Gasteiger partial charge in [-0.1, -0.05) is 23.7 Å². The molecule has 0 radical (unpaired) electrons. The Balaban J connectivity index is 1.76. The van der Waals surface area contributed by atoms with E-state index in [-0.39, 0.29) is 0 Å². The van der Waals surface area contributed by atoms with Gasteiger partial charge in [-0.15, -0.1) is 0 Å². The molecule has 0 aliphatic rings. The third-order valence-corrected chi connectivity index (χ3v) is 3.21. The van der Waals surface area contributed by atoms with Crippen LogP contribution in [0.15, 0.2) is 48.8 Å². The molecule has 0 saturated carbocycles. The molecule has 0 fully saturated rings. The predicted molar refractivity (Wildman–Crippen MR) is 78.9 cm³/mol.